The number of methoxy groups -OCH3 is 1. The number of para-hydroxylation sites is 1. The Morgan fingerprint density at radius 2 is 1.93 bits per heavy atom. The third-order valence-electron chi connectivity index (χ3n) is 4.65. The number of piperidine rings is 1. The van der Waals surface area contributed by atoms with E-state index >= 15 is 0 Å². The van der Waals surface area contributed by atoms with Gasteiger partial charge in [0, 0.05) is 13.1 Å². The number of carbonyl (C=O) groups excluding carboxylic acids is 1. The van der Waals surface area contributed by atoms with Gasteiger partial charge in [0.25, 0.3) is 0 Å². The molecule has 2 aromatic carbocycles. The lowest BCUT2D eigenvalue weighted by Gasteiger charge is -2.31. The summed E-state index contributed by atoms with van der Waals surface area (Å²) in [5.74, 6) is -0.314. The van der Waals surface area contributed by atoms with E-state index in [1.807, 2.05) is 0 Å². The molecule has 0 radical (unpaired) electrons. The van der Waals surface area contributed by atoms with E-state index in [1.54, 1.807) is 24.3 Å². The van der Waals surface area contributed by atoms with E-state index in [0.717, 1.165) is 0 Å². The summed E-state index contributed by atoms with van der Waals surface area (Å²) in [6, 6.07) is 11.3. The van der Waals surface area contributed by atoms with Gasteiger partial charge >= 0.3 is 0 Å². The van der Waals surface area contributed by atoms with Crippen LogP contribution < -0.4 is 10.1 Å². The molecule has 1 fully saturated rings. The van der Waals surface area contributed by atoms with E-state index in [2.05, 4.69) is 5.32 Å². The highest BCUT2D eigenvalue weighted by atomic mass is 35.5. The number of carbonyl (C=O) groups is 1. The van der Waals surface area contributed by atoms with E-state index in [1.165, 1.54) is 29.6 Å². The van der Waals surface area contributed by atoms with Crippen molar-refractivity contribution >= 4 is 44.8 Å². The fourth-order valence-corrected chi connectivity index (χ4v) is 5.18. The second-order valence-electron chi connectivity index (χ2n) is 6.47. The zero-order valence-electron chi connectivity index (χ0n) is 15.2. The lowest BCUT2D eigenvalue weighted by atomic mass is 9.99. The maximum absolute atomic E-state index is 13.0. The molecular weight excluding hydrogens is 423 g/mol. The molecule has 0 aliphatic carbocycles. The molecule has 3 rings (SSSR count). The van der Waals surface area contributed by atoms with Crippen LogP contribution in [0.25, 0.3) is 0 Å². The summed E-state index contributed by atoms with van der Waals surface area (Å²) < 4.78 is 32.4. The predicted molar refractivity (Wildman–Crippen MR) is 110 cm³/mol. The molecule has 1 aliphatic rings. The van der Waals surface area contributed by atoms with Crippen LogP contribution in [0.5, 0.6) is 5.75 Å². The third kappa shape index (κ3) is 4.43. The Morgan fingerprint density at radius 1 is 1.18 bits per heavy atom. The van der Waals surface area contributed by atoms with Crippen LogP contribution in [0.15, 0.2) is 47.4 Å². The van der Waals surface area contributed by atoms with Crippen LogP contribution in [-0.2, 0) is 14.8 Å². The zero-order valence-corrected chi connectivity index (χ0v) is 17.5. The molecule has 0 spiro atoms. The minimum absolute atomic E-state index is 0.0745. The first-order valence-electron chi connectivity index (χ1n) is 8.72. The predicted octanol–water partition coefficient (Wildman–Crippen LogP) is 4.04. The number of amides is 1. The normalized spacial score (nSPS) is 17.9. The standard InChI is InChI=1S/C19H20Cl2N2O4S/c1-27-18-9-8-14(11-16(18)21)28(25,26)23-10-4-5-13(12-23)19(24)22-17-7-3-2-6-15(17)20/h2-3,6-9,11,13H,4-5,10,12H2,1H3,(H,22,24)/t13-/m0/s1. The second-order valence-corrected chi connectivity index (χ2v) is 9.22. The lowest BCUT2D eigenvalue weighted by molar-refractivity contribution is -0.120. The number of hydrogen-bond donors (Lipinski definition) is 1. The van der Waals surface area contributed by atoms with Gasteiger partial charge < -0.3 is 10.1 Å². The van der Waals surface area contributed by atoms with Gasteiger partial charge in [-0.05, 0) is 43.2 Å². The third-order valence-corrected chi connectivity index (χ3v) is 7.13. The summed E-state index contributed by atoms with van der Waals surface area (Å²) in [6.45, 7) is 0.449. The van der Waals surface area contributed by atoms with Crippen LogP contribution in [0, 0.1) is 5.92 Å². The van der Waals surface area contributed by atoms with Crippen molar-refractivity contribution in [2.24, 2.45) is 5.92 Å². The molecule has 9 heteroatoms. The first-order valence-corrected chi connectivity index (χ1v) is 10.9. The monoisotopic (exact) mass is 442 g/mol. The van der Waals surface area contributed by atoms with Gasteiger partial charge in [-0.2, -0.15) is 4.31 Å². The second kappa shape index (κ2) is 8.69. The van der Waals surface area contributed by atoms with Gasteiger partial charge in [0.15, 0.2) is 0 Å². The topological polar surface area (TPSA) is 75.7 Å². The number of benzene rings is 2. The van der Waals surface area contributed by atoms with Gasteiger partial charge in [-0.15, -0.1) is 0 Å². The smallest absolute Gasteiger partial charge is 0.243 e. The van der Waals surface area contributed by atoms with Gasteiger partial charge in [0.05, 0.1) is 33.7 Å². The highest BCUT2D eigenvalue weighted by molar-refractivity contribution is 7.89. The van der Waals surface area contributed by atoms with Crippen LogP contribution in [0.3, 0.4) is 0 Å². The molecular formula is C19H20Cl2N2O4S. The van der Waals surface area contributed by atoms with Gasteiger partial charge in [0.2, 0.25) is 15.9 Å². The van der Waals surface area contributed by atoms with Gasteiger partial charge in [-0.1, -0.05) is 35.3 Å². The summed E-state index contributed by atoms with van der Waals surface area (Å²) in [7, 11) is -2.31. The molecule has 1 N–H and O–H groups in total. The summed E-state index contributed by atoms with van der Waals surface area (Å²) in [4.78, 5) is 12.7. The van der Waals surface area contributed by atoms with Crippen molar-refractivity contribution in [2.45, 2.75) is 17.7 Å². The molecule has 1 heterocycles. The molecule has 1 amide bonds. The van der Waals surface area contributed by atoms with Crippen LogP contribution in [-0.4, -0.2) is 38.8 Å². The van der Waals surface area contributed by atoms with E-state index in [-0.39, 0.29) is 22.4 Å². The Bertz CT molecular complexity index is 982. The molecule has 150 valence electrons. The first kappa shape index (κ1) is 20.9. The number of rotatable bonds is 5. The first-order chi connectivity index (χ1) is 13.3. The number of ether oxygens (including phenoxy) is 1. The fraction of sp³-hybridized carbons (Fsp3) is 0.316. The van der Waals surface area contributed by atoms with E-state index in [0.29, 0.717) is 35.8 Å². The van der Waals surface area contributed by atoms with Crippen molar-refractivity contribution in [3.63, 3.8) is 0 Å². The maximum atomic E-state index is 13.0. The molecule has 28 heavy (non-hydrogen) atoms. The molecule has 0 aromatic heterocycles. The Kier molecular flexibility index (Phi) is 6.50. The van der Waals surface area contributed by atoms with Crippen LogP contribution in [0.1, 0.15) is 12.8 Å². The van der Waals surface area contributed by atoms with E-state index in [4.69, 9.17) is 27.9 Å². The number of nitrogens with zero attached hydrogens (tertiary/aromatic N) is 1. The Labute approximate surface area is 174 Å². The number of hydrogen-bond acceptors (Lipinski definition) is 4. The molecule has 0 bridgehead atoms. The van der Waals surface area contributed by atoms with Crippen molar-refractivity contribution in [1.29, 1.82) is 0 Å². The molecule has 1 aliphatic heterocycles. The highest BCUT2D eigenvalue weighted by Crippen LogP contribution is 2.30. The molecule has 1 atom stereocenters. The Hall–Kier alpha value is -1.80. The number of halogens is 2. The number of sulfonamides is 1. The minimum Gasteiger partial charge on any atom is -0.495 e. The lowest BCUT2D eigenvalue weighted by Crippen LogP contribution is -2.43. The van der Waals surface area contributed by atoms with Crippen LogP contribution in [0.4, 0.5) is 5.69 Å². The minimum atomic E-state index is -3.77. The van der Waals surface area contributed by atoms with Gasteiger partial charge in [-0.3, -0.25) is 4.79 Å². The summed E-state index contributed by atoms with van der Waals surface area (Å²) in [5, 5.41) is 3.44. The fourth-order valence-electron chi connectivity index (χ4n) is 3.13. The van der Waals surface area contributed by atoms with Crippen molar-refractivity contribution in [3.05, 3.63) is 52.5 Å². The highest BCUT2D eigenvalue weighted by Gasteiger charge is 2.33. The van der Waals surface area contributed by atoms with Crippen molar-refractivity contribution < 1.29 is 17.9 Å². The molecule has 0 unspecified atom stereocenters. The Balaban J connectivity index is 1.76. The van der Waals surface area contributed by atoms with Gasteiger partial charge in [0.1, 0.15) is 5.75 Å². The summed E-state index contributed by atoms with van der Waals surface area (Å²) >= 11 is 12.2. The van der Waals surface area contributed by atoms with E-state index < -0.39 is 15.9 Å². The quantitative estimate of drug-likeness (QED) is 0.757. The average molecular weight is 443 g/mol. The van der Waals surface area contributed by atoms with Crippen LogP contribution >= 0.6 is 23.2 Å². The molecule has 1 saturated heterocycles. The summed E-state index contributed by atoms with van der Waals surface area (Å²) in [5.41, 5.74) is 0.510. The summed E-state index contributed by atoms with van der Waals surface area (Å²) in [6.07, 6.45) is 1.19. The number of nitrogens with one attached hydrogen (secondary N) is 1. The largest absolute Gasteiger partial charge is 0.495 e. The average Bonchev–Trinajstić information content (AvgIpc) is 2.69. The van der Waals surface area contributed by atoms with E-state index in [9.17, 15) is 13.2 Å². The number of anilines is 1. The zero-order chi connectivity index (χ0) is 20.3. The Morgan fingerprint density at radius 3 is 2.61 bits per heavy atom. The SMILES string of the molecule is COc1ccc(S(=O)(=O)N2CCC[C@H](C(=O)Nc3ccccc3Cl)C2)cc1Cl. The van der Waals surface area contributed by atoms with Crippen LogP contribution in [0.2, 0.25) is 10.0 Å². The molecule has 6 nitrogen and oxygen atoms in total. The van der Waals surface area contributed by atoms with Crippen molar-refractivity contribution in [1.82, 2.24) is 4.31 Å². The van der Waals surface area contributed by atoms with Gasteiger partial charge in [-0.25, -0.2) is 8.42 Å². The van der Waals surface area contributed by atoms with Crippen molar-refractivity contribution in [3.8, 4) is 5.75 Å². The molecule has 0 saturated carbocycles. The van der Waals surface area contributed by atoms with Crippen molar-refractivity contribution in [2.75, 3.05) is 25.5 Å². The maximum Gasteiger partial charge on any atom is 0.243 e. The molecule has 2 aromatic rings.